The van der Waals surface area contributed by atoms with Crippen LogP contribution >= 0.6 is 0 Å². The highest BCUT2D eigenvalue weighted by molar-refractivity contribution is 5.90. The summed E-state index contributed by atoms with van der Waals surface area (Å²) in [7, 11) is 0. The molecule has 2 N–H and O–H groups in total. The van der Waals surface area contributed by atoms with Gasteiger partial charge in [-0.05, 0) is 117 Å². The highest BCUT2D eigenvalue weighted by Gasteiger charge is 2.44. The number of anilines is 1. The summed E-state index contributed by atoms with van der Waals surface area (Å²) in [5.41, 5.74) is 24.2. The zero-order valence-electron chi connectivity index (χ0n) is 32.1. The molecule has 0 bridgehead atoms. The second-order valence-electron chi connectivity index (χ2n) is 16.5. The van der Waals surface area contributed by atoms with Gasteiger partial charge < -0.3 is 5.73 Å². The molecule has 51 heavy (non-hydrogen) atoms. The Morgan fingerprint density at radius 1 is 0.529 bits per heavy atom. The highest BCUT2D eigenvalue weighted by Crippen LogP contribution is 2.57. The summed E-state index contributed by atoms with van der Waals surface area (Å²) in [4.78, 5) is 0. The van der Waals surface area contributed by atoms with E-state index in [9.17, 15) is 0 Å². The van der Waals surface area contributed by atoms with Gasteiger partial charge in [-0.15, -0.1) is 0 Å². The van der Waals surface area contributed by atoms with Crippen molar-refractivity contribution < 1.29 is 0 Å². The molecule has 0 aromatic heterocycles. The van der Waals surface area contributed by atoms with Crippen LogP contribution in [-0.2, 0) is 10.8 Å². The molecule has 0 aliphatic heterocycles. The number of benzene rings is 4. The minimum atomic E-state index is -0.0774. The van der Waals surface area contributed by atoms with E-state index in [1.165, 1.54) is 153 Å². The summed E-state index contributed by atoms with van der Waals surface area (Å²) in [6.45, 7) is 9.47. The molecule has 1 heteroatoms. The third-order valence-corrected chi connectivity index (χ3v) is 12.7. The molecule has 0 radical (unpaired) electrons. The molecular formula is C50H61N. The predicted octanol–water partition coefficient (Wildman–Crippen LogP) is 14.8. The Balaban J connectivity index is 1.22. The first-order valence-corrected chi connectivity index (χ1v) is 20.6. The van der Waals surface area contributed by atoms with Gasteiger partial charge in [0.25, 0.3) is 0 Å². The number of fused-ring (bicyclic) bond motifs is 5. The minimum absolute atomic E-state index is 0.0774. The molecule has 0 saturated carbocycles. The molecule has 4 aromatic rings. The van der Waals surface area contributed by atoms with Crippen molar-refractivity contribution in [3.05, 3.63) is 119 Å². The first-order chi connectivity index (χ1) is 24.9. The van der Waals surface area contributed by atoms with E-state index in [4.69, 9.17) is 5.73 Å². The molecule has 0 amide bonds. The molecule has 3 aliphatic rings. The minimum Gasteiger partial charge on any atom is -0.399 e. The number of unbranched alkanes of at least 4 members (excludes halogenated alkanes) is 10. The van der Waals surface area contributed by atoms with Gasteiger partial charge in [-0.25, -0.2) is 0 Å². The SMILES string of the molecule is CCCCCCCCC1(CCCCCCCC)C2=C(C=CCC2)c2ccc(-c3ccc4c(c3)C(C)(C)c3cc(-c5ccc(N)cc5)ccc3-4)cc21. The lowest BCUT2D eigenvalue weighted by Gasteiger charge is -2.36. The fourth-order valence-electron chi connectivity index (χ4n) is 9.81. The van der Waals surface area contributed by atoms with Crippen LogP contribution in [0, 0.1) is 0 Å². The number of nitrogens with two attached hydrogens (primary N) is 1. The maximum atomic E-state index is 6.01. The Morgan fingerprint density at radius 3 is 1.57 bits per heavy atom. The van der Waals surface area contributed by atoms with Gasteiger partial charge in [0.2, 0.25) is 0 Å². The van der Waals surface area contributed by atoms with Crippen molar-refractivity contribution >= 4 is 11.3 Å². The largest absolute Gasteiger partial charge is 0.399 e. The van der Waals surface area contributed by atoms with Gasteiger partial charge in [0.05, 0.1) is 0 Å². The summed E-state index contributed by atoms with van der Waals surface area (Å²) in [5, 5.41) is 0. The van der Waals surface area contributed by atoms with E-state index in [1.54, 1.807) is 16.7 Å². The van der Waals surface area contributed by atoms with Crippen molar-refractivity contribution in [1.82, 2.24) is 0 Å². The van der Waals surface area contributed by atoms with Crippen LogP contribution in [0.4, 0.5) is 5.69 Å². The summed E-state index contributed by atoms with van der Waals surface area (Å²) >= 11 is 0. The average molecular weight is 676 g/mol. The molecule has 0 saturated heterocycles. The summed E-state index contributed by atoms with van der Waals surface area (Å²) in [5.74, 6) is 0. The first-order valence-electron chi connectivity index (χ1n) is 20.6. The summed E-state index contributed by atoms with van der Waals surface area (Å²) < 4.78 is 0. The molecule has 0 atom stereocenters. The first kappa shape index (κ1) is 35.6. The van der Waals surface area contributed by atoms with Gasteiger partial charge in [0, 0.05) is 16.5 Å². The Morgan fingerprint density at radius 2 is 1.00 bits per heavy atom. The fourth-order valence-corrected chi connectivity index (χ4v) is 9.81. The highest BCUT2D eigenvalue weighted by atomic mass is 14.5. The number of rotatable bonds is 16. The molecule has 1 nitrogen and oxygen atoms in total. The second-order valence-corrected chi connectivity index (χ2v) is 16.5. The van der Waals surface area contributed by atoms with Crippen LogP contribution in [0.2, 0.25) is 0 Å². The van der Waals surface area contributed by atoms with Crippen molar-refractivity contribution in [3.63, 3.8) is 0 Å². The smallest absolute Gasteiger partial charge is 0.0314 e. The molecule has 7 rings (SSSR count). The zero-order chi connectivity index (χ0) is 35.4. The molecule has 0 heterocycles. The van der Waals surface area contributed by atoms with Crippen LogP contribution in [0.25, 0.3) is 39.0 Å². The average Bonchev–Trinajstić information content (AvgIpc) is 3.55. The lowest BCUT2D eigenvalue weighted by molar-refractivity contribution is 0.381. The molecule has 266 valence electrons. The van der Waals surface area contributed by atoms with E-state index in [0.29, 0.717) is 0 Å². The quantitative estimate of drug-likeness (QED) is 0.0928. The normalized spacial score (nSPS) is 16.2. The Kier molecular flexibility index (Phi) is 10.7. The van der Waals surface area contributed by atoms with Crippen molar-refractivity contribution in [1.29, 1.82) is 0 Å². The zero-order valence-corrected chi connectivity index (χ0v) is 32.1. The number of hydrogen-bond acceptors (Lipinski definition) is 1. The Bertz CT molecular complexity index is 1880. The van der Waals surface area contributed by atoms with Crippen LogP contribution in [0.3, 0.4) is 0 Å². The van der Waals surface area contributed by atoms with Gasteiger partial charge >= 0.3 is 0 Å². The fraction of sp³-hybridized carbons (Fsp3) is 0.440. The van der Waals surface area contributed by atoms with Gasteiger partial charge in [0.1, 0.15) is 0 Å². The van der Waals surface area contributed by atoms with Crippen molar-refractivity contribution in [2.45, 2.75) is 141 Å². The maximum absolute atomic E-state index is 6.01. The lowest BCUT2D eigenvalue weighted by atomic mass is 9.68. The van der Waals surface area contributed by atoms with E-state index in [-0.39, 0.29) is 10.8 Å². The van der Waals surface area contributed by atoms with Crippen molar-refractivity contribution in [2.75, 3.05) is 5.73 Å². The molecule has 4 aromatic carbocycles. The summed E-state index contributed by atoms with van der Waals surface area (Å²) in [6.07, 6.45) is 26.3. The molecule has 0 unspecified atom stereocenters. The van der Waals surface area contributed by atoms with Gasteiger partial charge in [0.15, 0.2) is 0 Å². The van der Waals surface area contributed by atoms with Gasteiger partial charge in [-0.2, -0.15) is 0 Å². The van der Waals surface area contributed by atoms with Crippen LogP contribution in [-0.4, -0.2) is 0 Å². The Hall–Kier alpha value is -3.84. The van der Waals surface area contributed by atoms with Crippen LogP contribution in [0.5, 0.6) is 0 Å². The molecule has 0 fully saturated rings. The van der Waals surface area contributed by atoms with E-state index in [2.05, 4.69) is 107 Å². The monoisotopic (exact) mass is 675 g/mol. The van der Waals surface area contributed by atoms with E-state index < -0.39 is 0 Å². The maximum Gasteiger partial charge on any atom is 0.0314 e. The van der Waals surface area contributed by atoms with Gasteiger partial charge in [-0.1, -0.05) is 171 Å². The van der Waals surface area contributed by atoms with Crippen LogP contribution < -0.4 is 5.73 Å². The Labute approximate surface area is 309 Å². The topological polar surface area (TPSA) is 26.0 Å². The number of hydrogen-bond donors (Lipinski definition) is 1. The van der Waals surface area contributed by atoms with Crippen molar-refractivity contribution in [3.8, 4) is 33.4 Å². The lowest BCUT2D eigenvalue weighted by Crippen LogP contribution is -2.27. The molecule has 3 aliphatic carbocycles. The van der Waals surface area contributed by atoms with Crippen molar-refractivity contribution in [2.24, 2.45) is 0 Å². The second kappa shape index (κ2) is 15.4. The van der Waals surface area contributed by atoms with Crippen LogP contribution in [0.15, 0.2) is 96.6 Å². The molecule has 0 spiro atoms. The number of allylic oxidation sites excluding steroid dienone is 4. The van der Waals surface area contributed by atoms with E-state index in [0.717, 1.165) is 5.69 Å². The third-order valence-electron chi connectivity index (χ3n) is 12.7. The summed E-state index contributed by atoms with van der Waals surface area (Å²) in [6, 6.07) is 30.2. The number of nitrogen functional groups attached to an aromatic ring is 1. The van der Waals surface area contributed by atoms with E-state index in [1.807, 2.05) is 12.1 Å². The van der Waals surface area contributed by atoms with Gasteiger partial charge in [-0.3, -0.25) is 0 Å². The molecular weight excluding hydrogens is 615 g/mol. The predicted molar refractivity (Wildman–Crippen MR) is 222 cm³/mol. The van der Waals surface area contributed by atoms with Crippen LogP contribution in [0.1, 0.15) is 153 Å². The van der Waals surface area contributed by atoms with E-state index >= 15 is 0 Å². The standard InChI is InChI=1S/C50H61N/c1-5-7-9-11-13-17-31-50(32-18-14-12-10-8-6-2)45-20-16-15-19-41(45)44-30-25-39(35-48(44)50)38-24-29-43-42-28-23-37(36-21-26-40(51)27-22-36)33-46(42)49(3,4)47(43)34-38/h15,19,21-30,33-35H,5-14,16-18,20,31-32,51H2,1-4H3. The third kappa shape index (κ3) is 6.91.